The second-order valence-corrected chi connectivity index (χ2v) is 7.31. The molecule has 2 saturated carbocycles. The van der Waals surface area contributed by atoms with E-state index in [0.717, 1.165) is 10.8 Å². The van der Waals surface area contributed by atoms with Gasteiger partial charge in [0.05, 0.1) is 0 Å². The van der Waals surface area contributed by atoms with Crippen LogP contribution in [0.1, 0.15) is 126 Å². The highest BCUT2D eigenvalue weighted by Gasteiger charge is 2.25. The Kier molecular flexibility index (Phi) is 31.0. The Bertz CT molecular complexity index is 272. The summed E-state index contributed by atoms with van der Waals surface area (Å²) in [6.07, 6.45) is 16.1. The third kappa shape index (κ3) is 22.9. The lowest BCUT2D eigenvalue weighted by Crippen LogP contribution is -2.18. The van der Waals surface area contributed by atoms with E-state index in [0.29, 0.717) is 0 Å². The Balaban J connectivity index is -0.000000134. The highest BCUT2D eigenvalue weighted by Crippen LogP contribution is 2.40. The molecule has 2 aliphatic rings. The fraction of sp³-hybridized carbons (Fsp3) is 0.913. The maximum absolute atomic E-state index is 8.36. The van der Waals surface area contributed by atoms with Gasteiger partial charge >= 0.3 is 0 Å². The van der Waals surface area contributed by atoms with Crippen molar-refractivity contribution in [2.45, 2.75) is 126 Å². The van der Waals surface area contributed by atoms with Crippen molar-refractivity contribution in [3.63, 3.8) is 0 Å². The molecule has 0 heterocycles. The predicted molar refractivity (Wildman–Crippen MR) is 118 cm³/mol. The third-order valence-corrected chi connectivity index (χ3v) is 5.58. The first-order chi connectivity index (χ1) is 12.9. The van der Waals surface area contributed by atoms with Crippen molar-refractivity contribution in [3.05, 3.63) is 0 Å². The summed E-state index contributed by atoms with van der Waals surface area (Å²) in [5.74, 6) is 0. The molecular formula is C23H50O4. The van der Waals surface area contributed by atoms with Gasteiger partial charge in [0.15, 0.2) is 0 Å². The van der Waals surface area contributed by atoms with E-state index >= 15 is 0 Å². The summed E-state index contributed by atoms with van der Waals surface area (Å²) in [6.45, 7) is 17.0. The minimum absolute atomic E-state index is 0.250. The summed E-state index contributed by atoms with van der Waals surface area (Å²) in [4.78, 5) is 16.7. The van der Waals surface area contributed by atoms with E-state index in [4.69, 9.17) is 19.8 Å². The normalized spacial score (nSPS) is 17.8. The molecule has 0 bridgehead atoms. The standard InChI is InChI=1S/C9H18.C8H16.2C2H6.2CH2O2/c1-3-9(2)7-5-4-6-8-9;1-3-8(2)6-4-5-7-8;2*1-2;2*2-1-3/h3-8H2,1-2H3;3-7H2,1-2H3;2*1-2H3;2*1H,(H,2,3). The summed E-state index contributed by atoms with van der Waals surface area (Å²) in [6, 6.07) is 0. The molecule has 0 aromatic rings. The summed E-state index contributed by atoms with van der Waals surface area (Å²) < 4.78 is 0. The first kappa shape index (κ1) is 33.5. The van der Waals surface area contributed by atoms with Gasteiger partial charge in [0.1, 0.15) is 0 Å². The minimum Gasteiger partial charge on any atom is -0.483 e. The maximum Gasteiger partial charge on any atom is 0.290 e. The van der Waals surface area contributed by atoms with Crippen LogP contribution in [0.2, 0.25) is 0 Å². The summed E-state index contributed by atoms with van der Waals surface area (Å²) in [5.41, 5.74) is 1.46. The molecule has 2 fully saturated rings. The molecule has 0 unspecified atom stereocenters. The number of carbonyl (C=O) groups is 2. The zero-order chi connectivity index (χ0) is 22.2. The zero-order valence-electron chi connectivity index (χ0n) is 19.6. The van der Waals surface area contributed by atoms with Crippen LogP contribution in [-0.2, 0) is 9.59 Å². The molecule has 2 N–H and O–H groups in total. The Morgan fingerprint density at radius 3 is 0.963 bits per heavy atom. The zero-order valence-corrected chi connectivity index (χ0v) is 19.6. The maximum atomic E-state index is 8.36. The van der Waals surface area contributed by atoms with Crippen molar-refractivity contribution in [1.82, 2.24) is 0 Å². The molecule has 4 heteroatoms. The number of rotatable bonds is 2. The monoisotopic (exact) mass is 390 g/mol. The van der Waals surface area contributed by atoms with E-state index in [-0.39, 0.29) is 12.9 Å². The van der Waals surface area contributed by atoms with E-state index in [1.165, 1.54) is 70.6 Å². The van der Waals surface area contributed by atoms with E-state index in [2.05, 4.69) is 27.7 Å². The van der Waals surface area contributed by atoms with Crippen LogP contribution in [0.4, 0.5) is 0 Å². The van der Waals surface area contributed by atoms with Crippen LogP contribution >= 0.6 is 0 Å². The van der Waals surface area contributed by atoms with E-state index in [1.807, 2.05) is 27.7 Å². The molecule has 0 aromatic heterocycles. The first-order valence-electron chi connectivity index (χ1n) is 11.0. The van der Waals surface area contributed by atoms with Gasteiger partial charge in [-0.25, -0.2) is 0 Å². The van der Waals surface area contributed by atoms with Crippen LogP contribution in [0.3, 0.4) is 0 Å². The molecule has 27 heavy (non-hydrogen) atoms. The quantitative estimate of drug-likeness (QED) is 0.472. The Labute approximate surface area is 170 Å². The molecule has 0 atom stereocenters. The van der Waals surface area contributed by atoms with Gasteiger partial charge in [-0.05, 0) is 36.5 Å². The second kappa shape index (κ2) is 24.9. The van der Waals surface area contributed by atoms with Crippen LogP contribution in [0, 0.1) is 10.8 Å². The smallest absolute Gasteiger partial charge is 0.290 e. The highest BCUT2D eigenvalue weighted by molar-refractivity contribution is 5.33. The minimum atomic E-state index is -0.250. The van der Waals surface area contributed by atoms with Crippen molar-refractivity contribution >= 4 is 12.9 Å². The van der Waals surface area contributed by atoms with E-state index in [9.17, 15) is 0 Å². The summed E-state index contributed by atoms with van der Waals surface area (Å²) in [7, 11) is 0. The van der Waals surface area contributed by atoms with Gasteiger partial charge in [-0.3, -0.25) is 9.59 Å². The van der Waals surface area contributed by atoms with Crippen molar-refractivity contribution in [2.24, 2.45) is 10.8 Å². The van der Waals surface area contributed by atoms with Crippen LogP contribution < -0.4 is 0 Å². The number of carboxylic acid groups (broad SMARTS) is 2. The van der Waals surface area contributed by atoms with Gasteiger partial charge in [0.25, 0.3) is 12.9 Å². The molecular weight excluding hydrogens is 340 g/mol. The highest BCUT2D eigenvalue weighted by atomic mass is 16.3. The lowest BCUT2D eigenvalue weighted by molar-refractivity contribution is -0.123. The molecule has 0 aliphatic heterocycles. The Morgan fingerprint density at radius 2 is 0.815 bits per heavy atom. The molecule has 2 aliphatic carbocycles. The fourth-order valence-corrected chi connectivity index (χ4v) is 3.34. The average molecular weight is 391 g/mol. The van der Waals surface area contributed by atoms with Gasteiger partial charge < -0.3 is 10.2 Å². The number of hydrogen-bond acceptors (Lipinski definition) is 2. The van der Waals surface area contributed by atoms with Crippen LogP contribution in [-0.4, -0.2) is 23.2 Å². The lowest BCUT2D eigenvalue weighted by Gasteiger charge is -2.32. The largest absolute Gasteiger partial charge is 0.483 e. The van der Waals surface area contributed by atoms with Gasteiger partial charge in [0, 0.05) is 0 Å². The SMILES string of the molecule is CC.CC.CCC1(C)CCCC1.CCC1(C)CCCCC1.O=CO.O=CO. The Morgan fingerprint density at radius 1 is 0.630 bits per heavy atom. The number of hydrogen-bond donors (Lipinski definition) is 2. The van der Waals surface area contributed by atoms with Gasteiger partial charge in [0.2, 0.25) is 0 Å². The average Bonchev–Trinajstić information content (AvgIpc) is 3.15. The lowest BCUT2D eigenvalue weighted by atomic mass is 9.74. The second-order valence-electron chi connectivity index (χ2n) is 7.31. The van der Waals surface area contributed by atoms with Crippen molar-refractivity contribution in [2.75, 3.05) is 0 Å². The first-order valence-corrected chi connectivity index (χ1v) is 11.0. The fourth-order valence-electron chi connectivity index (χ4n) is 3.34. The topological polar surface area (TPSA) is 74.6 Å². The van der Waals surface area contributed by atoms with Crippen LogP contribution in [0.5, 0.6) is 0 Å². The predicted octanol–water partition coefficient (Wildman–Crippen LogP) is 7.80. The molecule has 0 spiro atoms. The molecule has 0 saturated heterocycles. The summed E-state index contributed by atoms with van der Waals surface area (Å²) >= 11 is 0. The van der Waals surface area contributed by atoms with E-state index < -0.39 is 0 Å². The van der Waals surface area contributed by atoms with Gasteiger partial charge in [-0.15, -0.1) is 0 Å². The molecule has 0 amide bonds. The summed E-state index contributed by atoms with van der Waals surface area (Å²) in [5, 5.41) is 13.8. The molecule has 2 rings (SSSR count). The Hall–Kier alpha value is -1.06. The van der Waals surface area contributed by atoms with Gasteiger partial charge in [-0.2, -0.15) is 0 Å². The third-order valence-electron chi connectivity index (χ3n) is 5.58. The molecule has 0 aromatic carbocycles. The van der Waals surface area contributed by atoms with Crippen molar-refractivity contribution in [3.8, 4) is 0 Å². The van der Waals surface area contributed by atoms with Crippen LogP contribution in [0.25, 0.3) is 0 Å². The van der Waals surface area contributed by atoms with Crippen molar-refractivity contribution < 1.29 is 19.8 Å². The van der Waals surface area contributed by atoms with Gasteiger partial charge in [-0.1, -0.05) is 100 Å². The molecule has 166 valence electrons. The van der Waals surface area contributed by atoms with E-state index in [1.54, 1.807) is 0 Å². The van der Waals surface area contributed by atoms with Crippen molar-refractivity contribution in [1.29, 1.82) is 0 Å². The molecule has 4 nitrogen and oxygen atoms in total. The van der Waals surface area contributed by atoms with Crippen LogP contribution in [0.15, 0.2) is 0 Å². The molecule has 0 radical (unpaired) electrons.